The zero-order valence-corrected chi connectivity index (χ0v) is 8.10. The molecule has 2 rings (SSSR count). The molecule has 0 aliphatic carbocycles. The van der Waals surface area contributed by atoms with E-state index in [-0.39, 0.29) is 5.75 Å². The maximum atomic E-state index is 9.56. The standard InChI is InChI=1S/C10H6Cl2O/c11-7-4-6-2-1-3-8(12)10(6)9(13)5-7/h1-5,13H. The van der Waals surface area contributed by atoms with E-state index in [9.17, 15) is 5.11 Å². The summed E-state index contributed by atoms with van der Waals surface area (Å²) in [6, 6.07) is 8.66. The zero-order chi connectivity index (χ0) is 9.42. The van der Waals surface area contributed by atoms with Gasteiger partial charge >= 0.3 is 0 Å². The maximum Gasteiger partial charge on any atom is 0.126 e. The van der Waals surface area contributed by atoms with Crippen LogP contribution < -0.4 is 0 Å². The molecule has 2 aromatic rings. The van der Waals surface area contributed by atoms with Crippen molar-refractivity contribution in [3.8, 4) is 5.75 Å². The molecule has 0 aliphatic heterocycles. The molecule has 0 bridgehead atoms. The monoisotopic (exact) mass is 212 g/mol. The van der Waals surface area contributed by atoms with Crippen molar-refractivity contribution in [2.24, 2.45) is 0 Å². The van der Waals surface area contributed by atoms with Gasteiger partial charge in [-0.25, -0.2) is 0 Å². The summed E-state index contributed by atoms with van der Waals surface area (Å²) in [5.74, 6) is 0.119. The van der Waals surface area contributed by atoms with Crippen molar-refractivity contribution < 1.29 is 5.11 Å². The first-order valence-electron chi connectivity index (χ1n) is 3.75. The van der Waals surface area contributed by atoms with E-state index in [1.807, 2.05) is 12.1 Å². The van der Waals surface area contributed by atoms with Crippen LogP contribution in [0.3, 0.4) is 0 Å². The Morgan fingerprint density at radius 1 is 1.08 bits per heavy atom. The highest BCUT2D eigenvalue weighted by Gasteiger charge is 2.04. The van der Waals surface area contributed by atoms with Gasteiger partial charge in [-0.3, -0.25) is 0 Å². The molecule has 1 N–H and O–H groups in total. The van der Waals surface area contributed by atoms with Gasteiger partial charge in [-0.2, -0.15) is 0 Å². The molecule has 1 nitrogen and oxygen atoms in total. The molecule has 0 aliphatic rings. The van der Waals surface area contributed by atoms with Crippen LogP contribution >= 0.6 is 23.2 Å². The molecular formula is C10H6Cl2O. The zero-order valence-electron chi connectivity index (χ0n) is 6.59. The van der Waals surface area contributed by atoms with Crippen LogP contribution in [-0.2, 0) is 0 Å². The van der Waals surface area contributed by atoms with Gasteiger partial charge in [0.2, 0.25) is 0 Å². The molecular weight excluding hydrogens is 207 g/mol. The summed E-state index contributed by atoms with van der Waals surface area (Å²) in [7, 11) is 0. The number of phenolic OH excluding ortho intramolecular Hbond substituents is 1. The Labute approximate surface area is 85.5 Å². The second-order valence-corrected chi connectivity index (χ2v) is 3.61. The fourth-order valence-corrected chi connectivity index (χ4v) is 1.82. The summed E-state index contributed by atoms with van der Waals surface area (Å²) in [4.78, 5) is 0. The van der Waals surface area contributed by atoms with E-state index in [1.54, 1.807) is 12.1 Å². The molecule has 0 fully saturated rings. The van der Waals surface area contributed by atoms with E-state index in [4.69, 9.17) is 23.2 Å². The average Bonchev–Trinajstić information content (AvgIpc) is 2.02. The van der Waals surface area contributed by atoms with Crippen molar-refractivity contribution in [1.82, 2.24) is 0 Å². The number of aromatic hydroxyl groups is 1. The molecule has 0 saturated carbocycles. The van der Waals surface area contributed by atoms with Gasteiger partial charge in [-0.1, -0.05) is 35.3 Å². The predicted octanol–water partition coefficient (Wildman–Crippen LogP) is 3.85. The number of fused-ring (bicyclic) bond motifs is 1. The quantitative estimate of drug-likeness (QED) is 0.704. The molecule has 3 heteroatoms. The lowest BCUT2D eigenvalue weighted by Crippen LogP contribution is -1.76. The van der Waals surface area contributed by atoms with Crippen LogP contribution in [-0.4, -0.2) is 5.11 Å². The van der Waals surface area contributed by atoms with Crippen LogP contribution in [0.2, 0.25) is 10.0 Å². The largest absolute Gasteiger partial charge is 0.507 e. The van der Waals surface area contributed by atoms with Gasteiger partial charge in [0.05, 0.1) is 5.02 Å². The van der Waals surface area contributed by atoms with E-state index in [1.165, 1.54) is 6.07 Å². The highest BCUT2D eigenvalue weighted by Crippen LogP contribution is 2.33. The molecule has 2 aromatic carbocycles. The molecule has 0 atom stereocenters. The molecule has 66 valence electrons. The van der Waals surface area contributed by atoms with Crippen LogP contribution in [0, 0.1) is 0 Å². The number of halogens is 2. The van der Waals surface area contributed by atoms with Crippen LogP contribution in [0.25, 0.3) is 10.8 Å². The first-order chi connectivity index (χ1) is 6.18. The lowest BCUT2D eigenvalue weighted by atomic mass is 10.1. The van der Waals surface area contributed by atoms with Crippen LogP contribution in [0.4, 0.5) is 0 Å². The van der Waals surface area contributed by atoms with Gasteiger partial charge in [0, 0.05) is 10.4 Å². The Hall–Kier alpha value is -0.920. The van der Waals surface area contributed by atoms with Crippen LogP contribution in [0.15, 0.2) is 30.3 Å². The Morgan fingerprint density at radius 2 is 1.85 bits per heavy atom. The van der Waals surface area contributed by atoms with Crippen molar-refractivity contribution in [2.45, 2.75) is 0 Å². The summed E-state index contributed by atoms with van der Waals surface area (Å²) >= 11 is 11.7. The minimum Gasteiger partial charge on any atom is -0.507 e. The number of phenols is 1. The maximum absolute atomic E-state index is 9.56. The average molecular weight is 213 g/mol. The highest BCUT2D eigenvalue weighted by atomic mass is 35.5. The Morgan fingerprint density at radius 3 is 2.62 bits per heavy atom. The third kappa shape index (κ3) is 1.45. The van der Waals surface area contributed by atoms with E-state index in [0.29, 0.717) is 15.4 Å². The third-order valence-corrected chi connectivity index (χ3v) is 2.40. The van der Waals surface area contributed by atoms with Crippen molar-refractivity contribution in [3.63, 3.8) is 0 Å². The van der Waals surface area contributed by atoms with Crippen molar-refractivity contribution in [1.29, 1.82) is 0 Å². The molecule has 0 spiro atoms. The SMILES string of the molecule is Oc1cc(Cl)cc2cccc(Cl)c12. The van der Waals surface area contributed by atoms with E-state index in [0.717, 1.165) is 5.39 Å². The fourth-order valence-electron chi connectivity index (χ4n) is 1.32. The molecule has 0 saturated heterocycles. The smallest absolute Gasteiger partial charge is 0.126 e. The molecule has 0 heterocycles. The van der Waals surface area contributed by atoms with Crippen LogP contribution in [0.5, 0.6) is 5.75 Å². The third-order valence-electron chi connectivity index (χ3n) is 1.87. The molecule has 0 radical (unpaired) electrons. The number of hydrogen-bond donors (Lipinski definition) is 1. The summed E-state index contributed by atoms with van der Waals surface area (Å²) in [6.07, 6.45) is 0. The van der Waals surface area contributed by atoms with Gasteiger partial charge in [0.25, 0.3) is 0 Å². The summed E-state index contributed by atoms with van der Waals surface area (Å²) in [5, 5.41) is 12.1. The summed E-state index contributed by atoms with van der Waals surface area (Å²) < 4.78 is 0. The molecule has 13 heavy (non-hydrogen) atoms. The minimum absolute atomic E-state index is 0.119. The number of benzene rings is 2. The van der Waals surface area contributed by atoms with Gasteiger partial charge in [0.15, 0.2) is 0 Å². The first-order valence-corrected chi connectivity index (χ1v) is 4.51. The number of hydrogen-bond acceptors (Lipinski definition) is 1. The molecule has 0 aromatic heterocycles. The minimum atomic E-state index is 0.119. The van der Waals surface area contributed by atoms with Gasteiger partial charge in [-0.05, 0) is 23.6 Å². The normalized spacial score (nSPS) is 10.6. The van der Waals surface area contributed by atoms with E-state index >= 15 is 0 Å². The second-order valence-electron chi connectivity index (χ2n) is 2.76. The predicted molar refractivity (Wildman–Crippen MR) is 55.6 cm³/mol. The van der Waals surface area contributed by atoms with Crippen molar-refractivity contribution in [2.75, 3.05) is 0 Å². The van der Waals surface area contributed by atoms with Crippen molar-refractivity contribution in [3.05, 3.63) is 40.4 Å². The lowest BCUT2D eigenvalue weighted by Gasteiger charge is -2.03. The summed E-state index contributed by atoms with van der Waals surface area (Å²) in [5.41, 5.74) is 0. The highest BCUT2D eigenvalue weighted by molar-refractivity contribution is 6.37. The van der Waals surface area contributed by atoms with Gasteiger partial charge in [-0.15, -0.1) is 0 Å². The van der Waals surface area contributed by atoms with Gasteiger partial charge in [0.1, 0.15) is 5.75 Å². The summed E-state index contributed by atoms with van der Waals surface area (Å²) in [6.45, 7) is 0. The van der Waals surface area contributed by atoms with E-state index in [2.05, 4.69) is 0 Å². The van der Waals surface area contributed by atoms with Crippen LogP contribution in [0.1, 0.15) is 0 Å². The van der Waals surface area contributed by atoms with E-state index < -0.39 is 0 Å². The number of rotatable bonds is 0. The van der Waals surface area contributed by atoms with Crippen molar-refractivity contribution >= 4 is 34.0 Å². The lowest BCUT2D eigenvalue weighted by molar-refractivity contribution is 0.482. The first kappa shape index (κ1) is 8.67. The molecule has 0 unspecified atom stereocenters. The Kier molecular flexibility index (Phi) is 2.06. The topological polar surface area (TPSA) is 20.2 Å². The second kappa shape index (κ2) is 3.09. The Balaban J connectivity index is 2.94. The fraction of sp³-hybridized carbons (Fsp3) is 0. The Bertz CT molecular complexity index is 466. The van der Waals surface area contributed by atoms with Gasteiger partial charge < -0.3 is 5.11 Å². The molecule has 0 amide bonds.